The van der Waals surface area contributed by atoms with E-state index in [-0.39, 0.29) is 6.04 Å². The first kappa shape index (κ1) is 12.7. The molecule has 2 N–H and O–H groups in total. The highest BCUT2D eigenvalue weighted by atomic mass is 79.9. The number of rotatable bonds is 2. The van der Waals surface area contributed by atoms with Gasteiger partial charge >= 0.3 is 0 Å². The smallest absolute Gasteiger partial charge is 0.169 e. The van der Waals surface area contributed by atoms with Crippen LogP contribution >= 0.6 is 27.5 Å². The van der Waals surface area contributed by atoms with E-state index in [0.717, 1.165) is 11.1 Å². The van der Waals surface area contributed by atoms with Crippen molar-refractivity contribution in [3.8, 4) is 0 Å². The minimum absolute atomic E-state index is 0.340. The lowest BCUT2D eigenvalue weighted by atomic mass is 10.00. The van der Waals surface area contributed by atoms with Gasteiger partial charge in [-0.2, -0.15) is 0 Å². The van der Waals surface area contributed by atoms with Crippen molar-refractivity contribution < 1.29 is 4.42 Å². The molecule has 0 aliphatic heterocycles. The van der Waals surface area contributed by atoms with Crippen LogP contribution < -0.4 is 5.73 Å². The van der Waals surface area contributed by atoms with Crippen LogP contribution in [0.25, 0.3) is 0 Å². The second-order valence-corrected chi connectivity index (χ2v) is 5.27. The van der Waals surface area contributed by atoms with E-state index >= 15 is 0 Å². The van der Waals surface area contributed by atoms with E-state index in [4.69, 9.17) is 21.8 Å². The van der Waals surface area contributed by atoms with Gasteiger partial charge in [0.2, 0.25) is 0 Å². The van der Waals surface area contributed by atoms with Gasteiger partial charge in [-0.1, -0.05) is 17.7 Å². The molecule has 0 bridgehead atoms. The molecule has 0 saturated heterocycles. The number of halogens is 2. The first-order chi connectivity index (χ1) is 7.99. The second-order valence-electron chi connectivity index (χ2n) is 4.08. The topological polar surface area (TPSA) is 39.2 Å². The minimum Gasteiger partial charge on any atom is -0.452 e. The normalized spacial score (nSPS) is 12.8. The largest absolute Gasteiger partial charge is 0.452 e. The summed E-state index contributed by atoms with van der Waals surface area (Å²) >= 11 is 9.48. The highest BCUT2D eigenvalue weighted by Crippen LogP contribution is 2.30. The monoisotopic (exact) mass is 313 g/mol. The maximum Gasteiger partial charge on any atom is 0.169 e. The molecule has 1 aromatic heterocycles. The number of hydrogen-bond acceptors (Lipinski definition) is 2. The van der Waals surface area contributed by atoms with Crippen molar-refractivity contribution in [1.82, 2.24) is 0 Å². The van der Waals surface area contributed by atoms with Crippen LogP contribution in [0.5, 0.6) is 0 Å². The molecule has 2 rings (SSSR count). The molecule has 0 amide bonds. The Balaban J connectivity index is 2.43. The summed E-state index contributed by atoms with van der Waals surface area (Å²) in [6.45, 7) is 4.07. The van der Waals surface area contributed by atoms with E-state index in [1.165, 1.54) is 5.56 Å². The fraction of sp³-hybridized carbons (Fsp3) is 0.231. The lowest BCUT2D eigenvalue weighted by molar-refractivity contribution is 0.470. The Morgan fingerprint density at radius 1 is 1.24 bits per heavy atom. The fourth-order valence-corrected chi connectivity index (χ4v) is 2.35. The number of benzene rings is 1. The van der Waals surface area contributed by atoms with Crippen molar-refractivity contribution >= 4 is 27.5 Å². The van der Waals surface area contributed by atoms with Crippen LogP contribution in [0, 0.1) is 13.8 Å². The Kier molecular flexibility index (Phi) is 3.61. The Morgan fingerprint density at radius 2 is 1.88 bits per heavy atom. The Labute approximate surface area is 114 Å². The van der Waals surface area contributed by atoms with Crippen LogP contribution in [0.3, 0.4) is 0 Å². The quantitative estimate of drug-likeness (QED) is 0.894. The highest BCUT2D eigenvalue weighted by molar-refractivity contribution is 9.10. The maximum atomic E-state index is 6.22. The molecule has 0 radical (unpaired) electrons. The standard InChI is InChI=1S/C13H13BrClNO/c1-7-5-9(10(15)6-8(7)2)13(16)11-3-4-12(14)17-11/h3-6,13H,16H2,1-2H3. The molecule has 1 aromatic carbocycles. The summed E-state index contributed by atoms with van der Waals surface area (Å²) in [6.07, 6.45) is 0. The average Bonchev–Trinajstić information content (AvgIpc) is 2.69. The third-order valence-electron chi connectivity index (χ3n) is 2.85. The summed E-state index contributed by atoms with van der Waals surface area (Å²) in [5, 5.41) is 0.674. The van der Waals surface area contributed by atoms with E-state index in [1.807, 2.05) is 38.1 Å². The molecule has 2 nitrogen and oxygen atoms in total. The highest BCUT2D eigenvalue weighted by Gasteiger charge is 2.16. The van der Waals surface area contributed by atoms with E-state index in [1.54, 1.807) is 0 Å². The van der Waals surface area contributed by atoms with Gasteiger partial charge in [0.1, 0.15) is 5.76 Å². The molecule has 0 spiro atoms. The number of nitrogens with two attached hydrogens (primary N) is 1. The van der Waals surface area contributed by atoms with Gasteiger partial charge in [-0.15, -0.1) is 0 Å². The first-order valence-electron chi connectivity index (χ1n) is 5.26. The van der Waals surface area contributed by atoms with E-state index in [2.05, 4.69) is 15.9 Å². The number of hydrogen-bond donors (Lipinski definition) is 1. The Hall–Kier alpha value is -0.770. The summed E-state index contributed by atoms with van der Waals surface area (Å²) in [5.41, 5.74) is 9.37. The van der Waals surface area contributed by atoms with Crippen molar-refractivity contribution in [1.29, 1.82) is 0 Å². The van der Waals surface area contributed by atoms with Gasteiger partial charge in [-0.25, -0.2) is 0 Å². The zero-order valence-electron chi connectivity index (χ0n) is 9.63. The van der Waals surface area contributed by atoms with Gasteiger partial charge in [0.05, 0.1) is 6.04 Å². The maximum absolute atomic E-state index is 6.22. The fourth-order valence-electron chi connectivity index (χ4n) is 1.69. The minimum atomic E-state index is -0.340. The van der Waals surface area contributed by atoms with E-state index in [9.17, 15) is 0 Å². The van der Waals surface area contributed by atoms with Gasteiger partial charge < -0.3 is 10.2 Å². The third kappa shape index (κ3) is 2.57. The zero-order valence-corrected chi connectivity index (χ0v) is 12.0. The van der Waals surface area contributed by atoms with Crippen LogP contribution in [0.15, 0.2) is 33.4 Å². The molecule has 1 unspecified atom stereocenters. The SMILES string of the molecule is Cc1cc(Cl)c(C(N)c2ccc(Br)o2)cc1C. The molecular formula is C13H13BrClNO. The Morgan fingerprint density at radius 3 is 2.47 bits per heavy atom. The third-order valence-corrected chi connectivity index (χ3v) is 3.60. The summed E-state index contributed by atoms with van der Waals surface area (Å²) in [4.78, 5) is 0. The first-order valence-corrected chi connectivity index (χ1v) is 6.43. The predicted molar refractivity (Wildman–Crippen MR) is 73.4 cm³/mol. The van der Waals surface area contributed by atoms with E-state index < -0.39 is 0 Å². The number of aryl methyl sites for hydroxylation is 2. The number of furan rings is 1. The van der Waals surface area contributed by atoms with Crippen molar-refractivity contribution in [2.75, 3.05) is 0 Å². The molecule has 17 heavy (non-hydrogen) atoms. The van der Waals surface area contributed by atoms with Crippen LogP contribution in [0.1, 0.15) is 28.5 Å². The molecule has 0 saturated carbocycles. The van der Waals surface area contributed by atoms with Crippen LogP contribution in [0.2, 0.25) is 5.02 Å². The summed E-state index contributed by atoms with van der Waals surface area (Å²) in [6, 6.07) is 7.28. The summed E-state index contributed by atoms with van der Waals surface area (Å²) in [7, 11) is 0. The average molecular weight is 315 g/mol. The lowest BCUT2D eigenvalue weighted by Crippen LogP contribution is -2.12. The molecule has 1 atom stereocenters. The molecule has 90 valence electrons. The molecule has 2 aromatic rings. The van der Waals surface area contributed by atoms with Gasteiger partial charge in [0, 0.05) is 5.02 Å². The summed E-state index contributed by atoms with van der Waals surface area (Å²) < 4.78 is 6.13. The van der Waals surface area contributed by atoms with Gasteiger partial charge in [-0.3, -0.25) is 0 Å². The molecule has 0 fully saturated rings. The van der Waals surface area contributed by atoms with Crippen molar-refractivity contribution in [2.45, 2.75) is 19.9 Å². The van der Waals surface area contributed by atoms with Gasteiger partial charge in [-0.05, 0) is 64.7 Å². The molecule has 0 aliphatic carbocycles. The predicted octanol–water partition coefficient (Wildman–Crippen LogP) is 4.36. The second kappa shape index (κ2) is 4.84. The summed E-state index contributed by atoms with van der Waals surface area (Å²) in [5.74, 6) is 0.696. The Bertz CT molecular complexity index is 550. The molecule has 0 aliphatic rings. The molecule has 1 heterocycles. The van der Waals surface area contributed by atoms with Crippen molar-refractivity contribution in [3.05, 3.63) is 56.4 Å². The molecule has 4 heteroatoms. The lowest BCUT2D eigenvalue weighted by Gasteiger charge is -2.13. The van der Waals surface area contributed by atoms with Crippen LogP contribution in [-0.4, -0.2) is 0 Å². The zero-order chi connectivity index (χ0) is 12.6. The van der Waals surface area contributed by atoms with Gasteiger partial charge in [0.25, 0.3) is 0 Å². The molecular weight excluding hydrogens is 302 g/mol. The van der Waals surface area contributed by atoms with Crippen LogP contribution in [-0.2, 0) is 0 Å². The van der Waals surface area contributed by atoms with E-state index in [0.29, 0.717) is 15.5 Å². The van der Waals surface area contributed by atoms with Crippen molar-refractivity contribution in [2.24, 2.45) is 5.73 Å². The van der Waals surface area contributed by atoms with Crippen molar-refractivity contribution in [3.63, 3.8) is 0 Å². The van der Waals surface area contributed by atoms with Gasteiger partial charge in [0.15, 0.2) is 4.67 Å². The van der Waals surface area contributed by atoms with Crippen LogP contribution in [0.4, 0.5) is 0 Å².